The number of fused-ring (bicyclic) bond motifs is 3. The number of amides is 2. The number of aromatic nitrogens is 6. The molecule has 3 aliphatic heterocycles. The molecule has 3 aromatic heterocycles. The second kappa shape index (κ2) is 18.6. The minimum Gasteiger partial charge on any atom is -0.508 e. The van der Waals surface area contributed by atoms with E-state index in [-0.39, 0.29) is 41.6 Å². The van der Waals surface area contributed by atoms with Gasteiger partial charge in [0, 0.05) is 91.2 Å². The van der Waals surface area contributed by atoms with E-state index < -0.39 is 6.04 Å². The average molecular weight is 943 g/mol. The first-order valence-electron chi connectivity index (χ1n) is 23.4. The highest BCUT2D eigenvalue weighted by Gasteiger charge is 2.35. The van der Waals surface area contributed by atoms with Gasteiger partial charge in [-0.25, -0.2) is 0 Å². The van der Waals surface area contributed by atoms with Crippen molar-refractivity contribution in [1.29, 1.82) is 0 Å². The summed E-state index contributed by atoms with van der Waals surface area (Å²) in [7, 11) is 0. The Hall–Kier alpha value is -5.94. The molecule has 6 aromatic rings. The Balaban J connectivity index is 0.748. The molecule has 0 spiro atoms. The number of phenolic OH excluding ortho intramolecular Hbond substituents is 2. The van der Waals surface area contributed by atoms with Gasteiger partial charge in [0.15, 0.2) is 11.6 Å². The first kappa shape index (κ1) is 44.9. The number of aliphatic imine (C=N–C) groups is 1. The molecule has 0 radical (unpaired) electrons. The molecular weight excluding hydrogens is 886 g/mol. The van der Waals surface area contributed by atoms with E-state index in [0.717, 1.165) is 111 Å². The lowest BCUT2D eigenvalue weighted by Gasteiger charge is -2.39. The van der Waals surface area contributed by atoms with Gasteiger partial charge in [-0.3, -0.25) is 28.6 Å². The van der Waals surface area contributed by atoms with E-state index in [1.807, 2.05) is 55.1 Å². The Kier molecular flexibility index (Phi) is 12.5. The maximum Gasteiger partial charge on any atom is 0.289 e. The van der Waals surface area contributed by atoms with Crippen LogP contribution in [0.1, 0.15) is 100 Å². The summed E-state index contributed by atoms with van der Waals surface area (Å²) >= 11 is 8.01. The van der Waals surface area contributed by atoms with Gasteiger partial charge in [0.2, 0.25) is 11.7 Å². The highest BCUT2D eigenvalue weighted by atomic mass is 35.5. The largest absolute Gasteiger partial charge is 0.508 e. The maximum absolute atomic E-state index is 14.1. The zero-order valence-corrected chi connectivity index (χ0v) is 39.9. The topological polar surface area (TPSA) is 170 Å². The number of piperazine rings is 1. The Labute approximate surface area is 399 Å². The minimum absolute atomic E-state index is 0.00881. The molecule has 2 amide bonds. The van der Waals surface area contributed by atoms with E-state index in [0.29, 0.717) is 45.8 Å². The SMILES string of the molecule is CCc1cc(-c2nnc(C(=O)NC3CC3)n2-c2ccc(CN3CCN(CC4CCN(C(=O)C[C@@H]5N=C(c6ccc(Cl)cc6)c6c(sc(C)c6C)-n6c(C)nnc65)CC4)CC3)cc2)c(O)cc1O. The molecule has 1 aliphatic carbocycles. The summed E-state index contributed by atoms with van der Waals surface area (Å²) < 4.78 is 3.79. The van der Waals surface area contributed by atoms with E-state index in [1.165, 1.54) is 16.5 Å². The molecule has 2 saturated heterocycles. The van der Waals surface area contributed by atoms with Crippen molar-refractivity contribution in [2.45, 2.75) is 84.8 Å². The van der Waals surface area contributed by atoms with Crippen molar-refractivity contribution in [3.8, 4) is 33.6 Å². The molecule has 0 unspecified atom stereocenters. The highest BCUT2D eigenvalue weighted by Crippen LogP contribution is 2.41. The third-order valence-corrected chi connectivity index (χ3v) is 15.3. The zero-order chi connectivity index (χ0) is 46.5. The maximum atomic E-state index is 14.1. The second-order valence-electron chi connectivity index (χ2n) is 18.5. The van der Waals surface area contributed by atoms with Crippen LogP contribution in [0.5, 0.6) is 11.5 Å². The molecule has 1 atom stereocenters. The third-order valence-electron chi connectivity index (χ3n) is 13.9. The Morgan fingerprint density at radius 1 is 0.821 bits per heavy atom. The number of likely N-dealkylation sites (tertiary alicyclic amines) is 1. The lowest BCUT2D eigenvalue weighted by atomic mass is 9.95. The van der Waals surface area contributed by atoms with Crippen LogP contribution in [0.25, 0.3) is 22.1 Å². The third kappa shape index (κ3) is 9.11. The summed E-state index contributed by atoms with van der Waals surface area (Å²) in [5.74, 6) is 2.13. The van der Waals surface area contributed by atoms with Crippen molar-refractivity contribution in [3.63, 3.8) is 0 Å². The van der Waals surface area contributed by atoms with Crippen LogP contribution in [-0.2, 0) is 17.8 Å². The van der Waals surface area contributed by atoms with Gasteiger partial charge in [-0.2, -0.15) is 0 Å². The van der Waals surface area contributed by atoms with Crippen LogP contribution < -0.4 is 5.32 Å². The molecule has 0 bridgehead atoms. The number of phenols is 2. The quantitative estimate of drug-likeness (QED) is 0.113. The number of thiophene rings is 1. The van der Waals surface area contributed by atoms with Crippen LogP contribution in [0.15, 0.2) is 65.7 Å². The highest BCUT2D eigenvalue weighted by molar-refractivity contribution is 7.15. The summed E-state index contributed by atoms with van der Waals surface area (Å²) in [6.45, 7) is 15.3. The number of nitrogens with one attached hydrogen (secondary N) is 1. The van der Waals surface area contributed by atoms with E-state index >= 15 is 0 Å². The van der Waals surface area contributed by atoms with Crippen LogP contribution in [-0.4, -0.2) is 124 Å². The number of aryl methyl sites for hydroxylation is 3. The number of aromatic hydroxyl groups is 2. The fourth-order valence-electron chi connectivity index (χ4n) is 9.71. The van der Waals surface area contributed by atoms with Crippen molar-refractivity contribution in [2.75, 3.05) is 45.8 Å². The van der Waals surface area contributed by atoms with Gasteiger partial charge < -0.3 is 25.3 Å². The van der Waals surface area contributed by atoms with Crippen molar-refractivity contribution in [2.24, 2.45) is 10.9 Å². The summed E-state index contributed by atoms with van der Waals surface area (Å²) in [4.78, 5) is 41.1. The van der Waals surface area contributed by atoms with Gasteiger partial charge in [0.05, 0.1) is 17.7 Å². The summed E-state index contributed by atoms with van der Waals surface area (Å²) in [5.41, 5.74) is 6.95. The number of piperidine rings is 1. The lowest BCUT2D eigenvalue weighted by Crippen LogP contribution is -2.48. The van der Waals surface area contributed by atoms with E-state index in [1.54, 1.807) is 22.0 Å². The lowest BCUT2D eigenvalue weighted by molar-refractivity contribution is -0.133. The van der Waals surface area contributed by atoms with Gasteiger partial charge >= 0.3 is 0 Å². The summed E-state index contributed by atoms with van der Waals surface area (Å²) in [6.07, 6.45) is 4.59. The van der Waals surface area contributed by atoms with Crippen LogP contribution in [0.4, 0.5) is 0 Å². The fourth-order valence-corrected chi connectivity index (χ4v) is 11.0. The number of carbonyl (C=O) groups is 2. The molecule has 3 aromatic carbocycles. The molecule has 3 fully saturated rings. The van der Waals surface area contributed by atoms with Gasteiger partial charge in [0.1, 0.15) is 28.4 Å². The summed E-state index contributed by atoms with van der Waals surface area (Å²) in [6, 6.07) is 18.5. The predicted octanol–water partition coefficient (Wildman–Crippen LogP) is 7.36. The van der Waals surface area contributed by atoms with Crippen LogP contribution in [0, 0.1) is 26.7 Å². The van der Waals surface area contributed by atoms with E-state index in [4.69, 9.17) is 16.6 Å². The fraction of sp³-hybridized carbons (Fsp3) is 0.420. The Morgan fingerprint density at radius 3 is 2.24 bits per heavy atom. The molecule has 348 valence electrons. The van der Waals surface area contributed by atoms with Crippen molar-refractivity contribution >= 4 is 40.5 Å². The normalized spacial score (nSPS) is 18.1. The monoisotopic (exact) mass is 941 g/mol. The minimum atomic E-state index is -0.480. The van der Waals surface area contributed by atoms with E-state index in [2.05, 4.69) is 66.1 Å². The Morgan fingerprint density at radius 2 is 1.54 bits per heavy atom. The average Bonchev–Trinajstić information content (AvgIpc) is 3.82. The predicted molar refractivity (Wildman–Crippen MR) is 259 cm³/mol. The zero-order valence-electron chi connectivity index (χ0n) is 38.4. The first-order chi connectivity index (χ1) is 32.4. The number of carbonyl (C=O) groups excluding carboxylic acids is 2. The smallest absolute Gasteiger partial charge is 0.289 e. The number of hydrogen-bond acceptors (Lipinski definition) is 12. The number of halogens is 1. The van der Waals surface area contributed by atoms with Gasteiger partial charge in [0.25, 0.3) is 5.91 Å². The number of benzene rings is 3. The Bertz CT molecular complexity index is 2850. The molecule has 17 heteroatoms. The number of rotatable bonds is 12. The molecule has 67 heavy (non-hydrogen) atoms. The van der Waals surface area contributed by atoms with Crippen molar-refractivity contribution < 1.29 is 19.8 Å². The molecule has 4 aliphatic rings. The number of nitrogens with zero attached hydrogens (tertiary/aromatic N) is 10. The second-order valence-corrected chi connectivity index (χ2v) is 20.1. The van der Waals surface area contributed by atoms with Gasteiger partial charge in [-0.1, -0.05) is 42.8 Å². The van der Waals surface area contributed by atoms with Crippen LogP contribution in [0.3, 0.4) is 0 Å². The summed E-state index contributed by atoms with van der Waals surface area (Å²) in [5, 5.41) is 43.7. The number of hydrogen-bond donors (Lipinski definition) is 3. The molecule has 6 heterocycles. The van der Waals surface area contributed by atoms with Crippen LogP contribution >= 0.6 is 22.9 Å². The standard InChI is InChI=1S/C50H56ClN11O4S/c1-5-34-24-39(42(64)26-41(34)63)46-55-57-48(49(66)52-37-12-13-37)62(46)38-14-6-32(7-15-38)27-58-20-22-59(23-21-58)28-33-16-18-60(19-17-33)43(65)25-40-47-56-54-31(4)61(47)50-44(29(2)30(3)67-50)45(53-40)35-8-10-36(51)11-9-35/h6-11,14-15,24,26,33,37,40,63-64H,5,12-13,16-23,25,27-28H2,1-4H3,(H,52,66)/t40-/m0/s1. The van der Waals surface area contributed by atoms with Crippen molar-refractivity contribution in [1.82, 2.24) is 49.5 Å². The first-order valence-corrected chi connectivity index (χ1v) is 24.6. The molecule has 1 saturated carbocycles. The van der Waals surface area contributed by atoms with Crippen molar-refractivity contribution in [3.05, 3.63) is 116 Å². The molecule has 10 rings (SSSR count). The van der Waals surface area contributed by atoms with E-state index in [9.17, 15) is 19.8 Å². The van der Waals surface area contributed by atoms with Crippen LogP contribution in [0.2, 0.25) is 5.02 Å². The van der Waals surface area contributed by atoms with Gasteiger partial charge in [-0.05, 0) is 106 Å². The van der Waals surface area contributed by atoms with Gasteiger partial charge in [-0.15, -0.1) is 31.7 Å². The molecular formula is C50H56ClN11O4S. The molecule has 3 N–H and O–H groups in total. The molecule has 15 nitrogen and oxygen atoms in total.